The van der Waals surface area contributed by atoms with Gasteiger partial charge in [-0.1, -0.05) is 61.0 Å². The molecule has 1 heterocycles. The largest absolute Gasteiger partial charge is 0.494 e. The smallest absolute Gasteiger partial charge is 0.251 e. The Hall–Kier alpha value is -3.12. The number of hydrogen-bond acceptors (Lipinski definition) is 3. The van der Waals surface area contributed by atoms with E-state index in [4.69, 9.17) is 9.72 Å². The average Bonchev–Trinajstić information content (AvgIpc) is 3.19. The highest BCUT2D eigenvalue weighted by Gasteiger charge is 2.14. The molecule has 4 aromatic rings. The first-order chi connectivity index (χ1) is 16.8. The molecule has 0 aliphatic carbocycles. The first kappa shape index (κ1) is 25.0. The summed E-state index contributed by atoms with van der Waals surface area (Å²) in [4.78, 5) is 17.3. The Morgan fingerprint density at radius 3 is 2.43 bits per heavy atom. The Morgan fingerprint density at radius 2 is 1.71 bits per heavy atom. The summed E-state index contributed by atoms with van der Waals surface area (Å²) >= 11 is 3.40. The van der Waals surface area contributed by atoms with Gasteiger partial charge in [0, 0.05) is 29.5 Å². The van der Waals surface area contributed by atoms with Gasteiger partial charge in [0.05, 0.1) is 17.6 Å². The number of amides is 1. The number of ether oxygens (including phenoxy) is 1. The third-order valence-electron chi connectivity index (χ3n) is 5.99. The van der Waals surface area contributed by atoms with Crippen LogP contribution < -0.4 is 10.1 Å². The summed E-state index contributed by atoms with van der Waals surface area (Å²) in [6.07, 6.45) is 1.52. The molecule has 1 aromatic heterocycles. The Balaban J connectivity index is 1.35. The van der Waals surface area contributed by atoms with Crippen molar-refractivity contribution in [2.75, 3.05) is 13.2 Å². The zero-order valence-electron chi connectivity index (χ0n) is 20.6. The fourth-order valence-electron chi connectivity index (χ4n) is 4.02. The van der Waals surface area contributed by atoms with Crippen LogP contribution in [0.25, 0.3) is 11.0 Å². The molecule has 0 bridgehead atoms. The zero-order chi connectivity index (χ0) is 24.8. The van der Waals surface area contributed by atoms with Gasteiger partial charge in [0.15, 0.2) is 0 Å². The van der Waals surface area contributed by atoms with Crippen LogP contribution in [0.4, 0.5) is 0 Å². The molecule has 0 unspecified atom stereocenters. The van der Waals surface area contributed by atoms with Crippen molar-refractivity contribution in [1.29, 1.82) is 0 Å². The predicted octanol–water partition coefficient (Wildman–Crippen LogP) is 6.54. The minimum atomic E-state index is -0.0777. The van der Waals surface area contributed by atoms with Gasteiger partial charge >= 0.3 is 0 Å². The molecule has 0 aliphatic heterocycles. The minimum Gasteiger partial charge on any atom is -0.494 e. The summed E-state index contributed by atoms with van der Waals surface area (Å²) in [5.74, 6) is 1.78. The van der Waals surface area contributed by atoms with E-state index in [0.717, 1.165) is 40.0 Å². The third-order valence-corrected chi connectivity index (χ3v) is 6.52. The molecular formula is C29H32BrN3O2. The van der Waals surface area contributed by atoms with Crippen LogP contribution in [0, 0.1) is 0 Å². The number of carbonyl (C=O) groups excluding carboxylic acids is 1. The van der Waals surface area contributed by atoms with E-state index in [0.29, 0.717) is 25.1 Å². The molecule has 0 saturated carbocycles. The SMILES string of the molecule is CC(C)(C)c1ccc(OCCCn2c(CCNC(=O)c3ccc(Br)cc3)nc3ccccc32)cc1. The molecule has 0 atom stereocenters. The summed E-state index contributed by atoms with van der Waals surface area (Å²) in [5.41, 5.74) is 4.16. The summed E-state index contributed by atoms with van der Waals surface area (Å²) < 4.78 is 9.20. The van der Waals surface area contributed by atoms with E-state index in [1.807, 2.05) is 54.6 Å². The zero-order valence-corrected chi connectivity index (χ0v) is 22.1. The van der Waals surface area contributed by atoms with Gasteiger partial charge < -0.3 is 14.6 Å². The lowest BCUT2D eigenvalue weighted by molar-refractivity contribution is 0.0954. The van der Waals surface area contributed by atoms with Crippen molar-refractivity contribution in [1.82, 2.24) is 14.9 Å². The number of fused-ring (bicyclic) bond motifs is 1. The second kappa shape index (κ2) is 11.1. The highest BCUT2D eigenvalue weighted by atomic mass is 79.9. The van der Waals surface area contributed by atoms with E-state index in [9.17, 15) is 4.79 Å². The van der Waals surface area contributed by atoms with Crippen LogP contribution in [0.5, 0.6) is 5.75 Å². The van der Waals surface area contributed by atoms with Crippen molar-refractivity contribution in [3.05, 3.63) is 94.2 Å². The fraction of sp³-hybridized carbons (Fsp3) is 0.310. The second-order valence-electron chi connectivity index (χ2n) is 9.66. The molecule has 1 N–H and O–H groups in total. The van der Waals surface area contributed by atoms with Gasteiger partial charge in [-0.25, -0.2) is 4.98 Å². The Kier molecular flexibility index (Phi) is 7.91. The van der Waals surface area contributed by atoms with Gasteiger partial charge in [0.2, 0.25) is 0 Å². The molecule has 3 aromatic carbocycles. The van der Waals surface area contributed by atoms with E-state index in [2.05, 4.69) is 64.8 Å². The summed E-state index contributed by atoms with van der Waals surface area (Å²) in [6.45, 7) is 8.58. The quantitative estimate of drug-likeness (QED) is 0.248. The summed E-state index contributed by atoms with van der Waals surface area (Å²) in [5, 5.41) is 3.01. The van der Waals surface area contributed by atoms with Gasteiger partial charge in [0.25, 0.3) is 5.91 Å². The summed E-state index contributed by atoms with van der Waals surface area (Å²) in [6, 6.07) is 23.9. The molecule has 0 fully saturated rings. The van der Waals surface area contributed by atoms with Crippen LogP contribution in [0.2, 0.25) is 0 Å². The minimum absolute atomic E-state index is 0.0777. The second-order valence-corrected chi connectivity index (χ2v) is 10.6. The van der Waals surface area contributed by atoms with Crippen LogP contribution in [0.3, 0.4) is 0 Å². The topological polar surface area (TPSA) is 56.1 Å². The van der Waals surface area contributed by atoms with Gasteiger partial charge in [-0.3, -0.25) is 4.79 Å². The predicted molar refractivity (Wildman–Crippen MR) is 145 cm³/mol. The molecule has 0 radical (unpaired) electrons. The lowest BCUT2D eigenvalue weighted by Crippen LogP contribution is -2.26. The van der Waals surface area contributed by atoms with Crippen LogP contribution >= 0.6 is 15.9 Å². The number of nitrogens with zero attached hydrogens (tertiary/aromatic N) is 2. The number of halogens is 1. The van der Waals surface area contributed by atoms with Crippen LogP contribution in [0.15, 0.2) is 77.3 Å². The molecule has 5 nitrogen and oxygen atoms in total. The first-order valence-electron chi connectivity index (χ1n) is 12.0. The maximum absolute atomic E-state index is 12.5. The number of aromatic nitrogens is 2. The van der Waals surface area contributed by atoms with Gasteiger partial charge in [-0.05, 0) is 65.9 Å². The number of rotatable bonds is 9. The average molecular weight is 534 g/mol. The van der Waals surface area contributed by atoms with Crippen LogP contribution in [-0.2, 0) is 18.4 Å². The molecule has 0 aliphatic rings. The lowest BCUT2D eigenvalue weighted by Gasteiger charge is -2.19. The molecule has 6 heteroatoms. The maximum Gasteiger partial charge on any atom is 0.251 e. The Bertz CT molecular complexity index is 1270. The highest BCUT2D eigenvalue weighted by Crippen LogP contribution is 2.24. The van der Waals surface area contributed by atoms with Crippen molar-refractivity contribution in [3.63, 3.8) is 0 Å². The van der Waals surface area contributed by atoms with Crippen molar-refractivity contribution >= 4 is 32.9 Å². The van der Waals surface area contributed by atoms with E-state index in [-0.39, 0.29) is 11.3 Å². The van der Waals surface area contributed by atoms with Crippen LogP contribution in [0.1, 0.15) is 48.9 Å². The van der Waals surface area contributed by atoms with Gasteiger partial charge in [-0.2, -0.15) is 0 Å². The molecule has 4 rings (SSSR count). The number of hydrogen-bond donors (Lipinski definition) is 1. The summed E-state index contributed by atoms with van der Waals surface area (Å²) in [7, 11) is 0. The number of imidazole rings is 1. The van der Waals surface area contributed by atoms with Crippen molar-refractivity contribution in [2.45, 2.75) is 45.6 Å². The number of benzene rings is 3. The highest BCUT2D eigenvalue weighted by molar-refractivity contribution is 9.10. The number of aryl methyl sites for hydroxylation is 1. The van der Waals surface area contributed by atoms with Gasteiger partial charge in [0.1, 0.15) is 11.6 Å². The van der Waals surface area contributed by atoms with Gasteiger partial charge in [-0.15, -0.1) is 0 Å². The third kappa shape index (κ3) is 6.51. The first-order valence-corrected chi connectivity index (χ1v) is 12.8. The number of para-hydroxylation sites is 2. The monoisotopic (exact) mass is 533 g/mol. The van der Waals surface area contributed by atoms with E-state index >= 15 is 0 Å². The molecule has 0 spiro atoms. The molecule has 0 saturated heterocycles. The molecule has 35 heavy (non-hydrogen) atoms. The lowest BCUT2D eigenvalue weighted by atomic mass is 9.87. The maximum atomic E-state index is 12.5. The normalized spacial score (nSPS) is 11.5. The Labute approximate surface area is 215 Å². The fourth-order valence-corrected chi connectivity index (χ4v) is 4.29. The van der Waals surface area contributed by atoms with E-state index in [1.54, 1.807) is 0 Å². The van der Waals surface area contributed by atoms with Crippen molar-refractivity contribution < 1.29 is 9.53 Å². The standard InChI is InChI=1S/C29H32BrN3O2/c1-29(2,3)22-11-15-24(16-12-22)35-20-6-19-33-26-8-5-4-7-25(26)32-27(33)17-18-31-28(34)21-9-13-23(30)14-10-21/h4-5,7-16H,6,17-20H2,1-3H3,(H,31,34). The molecular weight excluding hydrogens is 502 g/mol. The number of nitrogens with one attached hydrogen (secondary N) is 1. The van der Waals surface area contributed by atoms with Crippen LogP contribution in [-0.4, -0.2) is 28.6 Å². The Morgan fingerprint density at radius 1 is 1.00 bits per heavy atom. The van der Waals surface area contributed by atoms with E-state index < -0.39 is 0 Å². The number of carbonyl (C=O) groups is 1. The molecule has 182 valence electrons. The van der Waals surface area contributed by atoms with E-state index in [1.165, 1.54) is 5.56 Å². The van der Waals surface area contributed by atoms with Crippen molar-refractivity contribution in [3.8, 4) is 5.75 Å². The molecule has 1 amide bonds. The van der Waals surface area contributed by atoms with Crippen molar-refractivity contribution in [2.24, 2.45) is 0 Å².